The molecule has 1 rings (SSSR count). The van der Waals surface area contributed by atoms with E-state index in [-0.39, 0.29) is 0 Å². The molecule has 0 radical (unpaired) electrons. The van der Waals surface area contributed by atoms with Crippen molar-refractivity contribution in [3.05, 3.63) is 23.2 Å². The molecule has 1 aromatic rings. The first-order chi connectivity index (χ1) is 5.09. The molecule has 0 aliphatic heterocycles. The molecule has 0 aliphatic rings. The summed E-state index contributed by atoms with van der Waals surface area (Å²) < 4.78 is 0. The van der Waals surface area contributed by atoms with Gasteiger partial charge in [-0.2, -0.15) is 0 Å². The maximum absolute atomic E-state index is 2.19. The van der Waals surface area contributed by atoms with E-state index in [0.29, 0.717) is 0 Å². The monoisotopic (exact) mass is 147 g/mol. The van der Waals surface area contributed by atoms with E-state index in [2.05, 4.69) is 51.9 Å². The average Bonchev–Trinajstić information content (AvgIpc) is 1.85. The van der Waals surface area contributed by atoms with E-state index < -0.39 is 0 Å². The molecule has 0 saturated heterocycles. The van der Waals surface area contributed by atoms with Gasteiger partial charge in [-0.05, 0) is 0 Å². The van der Waals surface area contributed by atoms with Gasteiger partial charge in [0.15, 0.2) is 0 Å². The maximum atomic E-state index is 2.19. The summed E-state index contributed by atoms with van der Waals surface area (Å²) >= 11 is 0. The van der Waals surface area contributed by atoms with E-state index in [1.807, 2.05) is 0 Å². The summed E-state index contributed by atoms with van der Waals surface area (Å²) in [4.78, 5) is 2.12. The Kier molecular flexibility index (Phi) is 2.33. The fourth-order valence-electron chi connectivity index (χ4n) is 1.21. The van der Waals surface area contributed by atoms with Gasteiger partial charge in [0, 0.05) is 0 Å². The van der Waals surface area contributed by atoms with E-state index in [4.69, 9.17) is 0 Å². The van der Waals surface area contributed by atoms with Crippen LogP contribution < -0.4 is 4.90 Å². The molecule has 0 saturated carbocycles. The SMILES string of the molecule is Cc1bc(N(C)C)cc(C)c1. The Morgan fingerprint density at radius 2 is 1.82 bits per heavy atom. The molecule has 0 bridgehead atoms. The molecule has 1 heterocycles. The molecular weight excluding hydrogens is 133 g/mol. The van der Waals surface area contributed by atoms with Crippen molar-refractivity contribution in [2.75, 3.05) is 19.0 Å². The van der Waals surface area contributed by atoms with E-state index in [0.717, 1.165) is 0 Å². The third kappa shape index (κ3) is 2.07. The van der Waals surface area contributed by atoms with Crippen LogP contribution in [-0.2, 0) is 0 Å². The van der Waals surface area contributed by atoms with Gasteiger partial charge in [0.1, 0.15) is 0 Å². The van der Waals surface area contributed by atoms with Crippen molar-refractivity contribution < 1.29 is 0 Å². The van der Waals surface area contributed by atoms with Crippen LogP contribution in [0, 0.1) is 13.8 Å². The van der Waals surface area contributed by atoms with Gasteiger partial charge in [0.25, 0.3) is 0 Å². The van der Waals surface area contributed by atoms with Gasteiger partial charge in [-0.15, -0.1) is 0 Å². The Morgan fingerprint density at radius 3 is 2.27 bits per heavy atom. The van der Waals surface area contributed by atoms with Gasteiger partial charge in [0.05, 0.1) is 0 Å². The van der Waals surface area contributed by atoms with E-state index in [1.54, 1.807) is 0 Å². The van der Waals surface area contributed by atoms with Crippen molar-refractivity contribution in [1.29, 1.82) is 0 Å². The number of anilines is 1. The van der Waals surface area contributed by atoms with Crippen LogP contribution in [-0.4, -0.2) is 21.0 Å². The molecule has 0 aromatic carbocycles. The second-order valence-electron chi connectivity index (χ2n) is 3.24. The molecule has 0 unspecified atom stereocenters. The number of aryl methyl sites for hydroxylation is 2. The molecule has 0 spiro atoms. The Balaban J connectivity index is 3.08. The normalized spacial score (nSPS) is 9.45. The molecule has 1 aromatic heterocycles. The van der Waals surface area contributed by atoms with Crippen molar-refractivity contribution in [2.24, 2.45) is 0 Å². The molecule has 0 aliphatic carbocycles. The number of nitrogens with zero attached hydrogens (tertiary/aromatic N) is 1. The van der Waals surface area contributed by atoms with Crippen molar-refractivity contribution in [3.8, 4) is 0 Å². The zero-order valence-electron chi connectivity index (χ0n) is 7.68. The van der Waals surface area contributed by atoms with Crippen LogP contribution in [0.3, 0.4) is 0 Å². The van der Waals surface area contributed by atoms with Gasteiger partial charge < -0.3 is 0 Å². The molecule has 0 N–H and O–H groups in total. The van der Waals surface area contributed by atoms with Crippen LogP contribution in [0.2, 0.25) is 0 Å². The molecule has 1 nitrogen and oxygen atoms in total. The first-order valence-electron chi connectivity index (χ1n) is 3.85. The number of rotatable bonds is 1. The van der Waals surface area contributed by atoms with Gasteiger partial charge >= 0.3 is 68.5 Å². The van der Waals surface area contributed by atoms with E-state index in [9.17, 15) is 0 Å². The number of hydrogen-bond donors (Lipinski definition) is 0. The van der Waals surface area contributed by atoms with E-state index >= 15 is 0 Å². The molecule has 0 fully saturated rings. The standard InChI is InChI=1S/C9H14BN/c1-7-5-8(2)10-9(6-7)11(3)4/h5-6H,1-4H3. The second kappa shape index (κ2) is 3.08. The van der Waals surface area contributed by atoms with Crippen molar-refractivity contribution in [3.63, 3.8) is 0 Å². The van der Waals surface area contributed by atoms with Crippen molar-refractivity contribution in [1.82, 2.24) is 0 Å². The summed E-state index contributed by atoms with van der Waals surface area (Å²) in [7, 11) is 4.13. The molecule has 2 heteroatoms. The Labute approximate surface area is 69.3 Å². The second-order valence-corrected chi connectivity index (χ2v) is 3.24. The Morgan fingerprint density at radius 1 is 1.18 bits per heavy atom. The van der Waals surface area contributed by atoms with Gasteiger partial charge in [-0.25, -0.2) is 0 Å². The third-order valence-electron chi connectivity index (χ3n) is 1.72. The first kappa shape index (κ1) is 8.31. The van der Waals surface area contributed by atoms with Gasteiger partial charge in [-0.3, -0.25) is 0 Å². The molecule has 0 amide bonds. The zero-order valence-corrected chi connectivity index (χ0v) is 7.68. The van der Waals surface area contributed by atoms with Gasteiger partial charge in [-0.1, -0.05) is 0 Å². The van der Waals surface area contributed by atoms with Crippen LogP contribution in [0.4, 0.5) is 5.58 Å². The number of hydrogen-bond acceptors (Lipinski definition) is 1. The summed E-state index contributed by atoms with van der Waals surface area (Å²) in [6, 6.07) is 4.38. The summed E-state index contributed by atoms with van der Waals surface area (Å²) in [5, 5.41) is 0. The minimum absolute atomic E-state index is 1.28. The van der Waals surface area contributed by atoms with Crippen molar-refractivity contribution in [2.45, 2.75) is 13.8 Å². The van der Waals surface area contributed by atoms with Crippen LogP contribution >= 0.6 is 0 Å². The molecule has 58 valence electrons. The summed E-state index contributed by atoms with van der Waals surface area (Å²) in [5.41, 5.74) is 3.94. The zero-order chi connectivity index (χ0) is 8.43. The summed E-state index contributed by atoms with van der Waals surface area (Å²) in [6.07, 6.45) is 0. The van der Waals surface area contributed by atoms with Crippen LogP contribution in [0.25, 0.3) is 0 Å². The van der Waals surface area contributed by atoms with Crippen LogP contribution in [0.5, 0.6) is 0 Å². The third-order valence-corrected chi connectivity index (χ3v) is 1.72. The molecule has 11 heavy (non-hydrogen) atoms. The topological polar surface area (TPSA) is 3.24 Å². The molecular formula is C9H14BN. The van der Waals surface area contributed by atoms with Crippen LogP contribution in [0.15, 0.2) is 12.1 Å². The Hall–Kier alpha value is -0.785. The van der Waals surface area contributed by atoms with Crippen molar-refractivity contribution >= 4 is 12.5 Å². The van der Waals surface area contributed by atoms with Crippen LogP contribution in [0.1, 0.15) is 11.0 Å². The first-order valence-corrected chi connectivity index (χ1v) is 3.85. The fraction of sp³-hybridized carbons (Fsp3) is 0.444. The fourth-order valence-corrected chi connectivity index (χ4v) is 1.21. The molecule has 0 atom stereocenters. The minimum atomic E-state index is 1.28. The average molecular weight is 147 g/mol. The van der Waals surface area contributed by atoms with E-state index in [1.165, 1.54) is 16.6 Å². The predicted octanol–water partition coefficient (Wildman–Crippen LogP) is 1.71. The summed E-state index contributed by atoms with van der Waals surface area (Å²) in [5.74, 6) is 0. The predicted molar refractivity (Wildman–Crippen MR) is 51.6 cm³/mol. The summed E-state index contributed by atoms with van der Waals surface area (Å²) in [6.45, 7) is 6.44. The Bertz CT molecular complexity index is 235. The van der Waals surface area contributed by atoms with Gasteiger partial charge in [0.2, 0.25) is 0 Å². The quantitative estimate of drug-likeness (QED) is 0.584.